The third kappa shape index (κ3) is 1.66. The number of hydrogen-bond donors (Lipinski definition) is 0. The summed E-state index contributed by atoms with van der Waals surface area (Å²) in [6.07, 6.45) is 0. The quantitative estimate of drug-likeness (QED) is 0.709. The average molecular weight is 200 g/mol. The first kappa shape index (κ1) is 8.92. The van der Waals surface area contributed by atoms with E-state index < -0.39 is 0 Å². The molecule has 0 fully saturated rings. The Morgan fingerprint density at radius 3 is 2.79 bits per heavy atom. The number of aryl methyl sites for hydroxylation is 1. The Morgan fingerprint density at radius 1 is 1.29 bits per heavy atom. The molecule has 2 heterocycles. The van der Waals surface area contributed by atoms with Crippen molar-refractivity contribution < 1.29 is 0 Å². The van der Waals surface area contributed by atoms with E-state index in [0.29, 0.717) is 0 Å². The molecule has 2 rings (SSSR count). The standard InChI is InChI=1S/C11H8N2S/c1-8-3-2-4-10(13-8)11-6-5-9(7-12)14-11/h2-6H,1H3. The average Bonchev–Trinajstić information content (AvgIpc) is 2.66. The van der Waals surface area contributed by atoms with Crippen molar-refractivity contribution in [3.63, 3.8) is 0 Å². The predicted molar refractivity (Wildman–Crippen MR) is 57.0 cm³/mol. The highest BCUT2D eigenvalue weighted by molar-refractivity contribution is 7.15. The first-order chi connectivity index (χ1) is 6.79. The van der Waals surface area contributed by atoms with Crippen molar-refractivity contribution in [1.82, 2.24) is 4.98 Å². The van der Waals surface area contributed by atoms with Gasteiger partial charge in [-0.3, -0.25) is 4.98 Å². The third-order valence-electron chi connectivity index (χ3n) is 1.86. The number of hydrogen-bond acceptors (Lipinski definition) is 3. The Labute approximate surface area is 86.5 Å². The fourth-order valence-electron chi connectivity index (χ4n) is 1.22. The molecule has 0 aliphatic heterocycles. The normalized spacial score (nSPS) is 9.71. The molecule has 0 aromatic carbocycles. The fraction of sp³-hybridized carbons (Fsp3) is 0.0909. The van der Waals surface area contributed by atoms with E-state index in [1.165, 1.54) is 11.3 Å². The van der Waals surface area contributed by atoms with Gasteiger partial charge in [-0.05, 0) is 31.2 Å². The van der Waals surface area contributed by atoms with E-state index in [4.69, 9.17) is 5.26 Å². The maximum Gasteiger partial charge on any atom is 0.110 e. The first-order valence-electron chi connectivity index (χ1n) is 4.23. The van der Waals surface area contributed by atoms with Gasteiger partial charge in [0.1, 0.15) is 10.9 Å². The highest BCUT2D eigenvalue weighted by Gasteiger charge is 2.02. The largest absolute Gasteiger partial charge is 0.252 e. The molecule has 0 spiro atoms. The number of nitriles is 1. The van der Waals surface area contributed by atoms with Crippen LogP contribution < -0.4 is 0 Å². The second-order valence-electron chi connectivity index (χ2n) is 2.94. The summed E-state index contributed by atoms with van der Waals surface area (Å²) in [6, 6.07) is 11.8. The fourth-order valence-corrected chi connectivity index (χ4v) is 1.99. The molecule has 2 aromatic heterocycles. The predicted octanol–water partition coefficient (Wildman–Crippen LogP) is 2.99. The van der Waals surface area contributed by atoms with Gasteiger partial charge in [-0.2, -0.15) is 5.26 Å². The second kappa shape index (κ2) is 3.60. The molecule has 0 atom stereocenters. The molecule has 0 aliphatic carbocycles. The van der Waals surface area contributed by atoms with Crippen LogP contribution in [-0.2, 0) is 0 Å². The molecular formula is C11H8N2S. The van der Waals surface area contributed by atoms with E-state index in [1.54, 1.807) is 0 Å². The minimum Gasteiger partial charge on any atom is -0.252 e. The van der Waals surface area contributed by atoms with Crippen LogP contribution in [0.5, 0.6) is 0 Å². The van der Waals surface area contributed by atoms with Gasteiger partial charge in [-0.25, -0.2) is 0 Å². The number of pyridine rings is 1. The number of aromatic nitrogens is 1. The van der Waals surface area contributed by atoms with Crippen LogP contribution in [-0.4, -0.2) is 4.98 Å². The lowest BCUT2D eigenvalue weighted by atomic mass is 10.3. The maximum absolute atomic E-state index is 8.69. The molecule has 0 N–H and O–H groups in total. The van der Waals surface area contributed by atoms with Gasteiger partial charge < -0.3 is 0 Å². The SMILES string of the molecule is Cc1cccc(-c2ccc(C#N)s2)n1. The van der Waals surface area contributed by atoms with Gasteiger partial charge >= 0.3 is 0 Å². The molecule has 0 radical (unpaired) electrons. The zero-order valence-electron chi connectivity index (χ0n) is 7.69. The van der Waals surface area contributed by atoms with E-state index in [9.17, 15) is 0 Å². The Bertz CT molecular complexity index is 494. The third-order valence-corrected chi connectivity index (χ3v) is 2.87. The van der Waals surface area contributed by atoms with E-state index in [0.717, 1.165) is 21.1 Å². The Kier molecular flexibility index (Phi) is 2.30. The molecule has 0 unspecified atom stereocenters. The minimum atomic E-state index is 0.725. The zero-order valence-corrected chi connectivity index (χ0v) is 8.51. The summed E-state index contributed by atoms with van der Waals surface area (Å²) in [4.78, 5) is 6.16. The van der Waals surface area contributed by atoms with Gasteiger partial charge in [0.05, 0.1) is 10.6 Å². The Balaban J connectivity index is 2.45. The van der Waals surface area contributed by atoms with Crippen LogP contribution in [0.1, 0.15) is 10.6 Å². The lowest BCUT2D eigenvalue weighted by Crippen LogP contribution is -1.82. The van der Waals surface area contributed by atoms with Gasteiger partial charge in [-0.1, -0.05) is 6.07 Å². The van der Waals surface area contributed by atoms with Gasteiger partial charge in [0.15, 0.2) is 0 Å². The van der Waals surface area contributed by atoms with Crippen molar-refractivity contribution in [3.8, 4) is 16.6 Å². The topological polar surface area (TPSA) is 36.7 Å². The summed E-state index contributed by atoms with van der Waals surface area (Å²) in [7, 11) is 0. The summed E-state index contributed by atoms with van der Waals surface area (Å²) in [5.41, 5.74) is 1.94. The van der Waals surface area contributed by atoms with Gasteiger partial charge in [-0.15, -0.1) is 11.3 Å². The molecule has 0 aliphatic rings. The van der Waals surface area contributed by atoms with Crippen molar-refractivity contribution in [2.75, 3.05) is 0 Å². The highest BCUT2D eigenvalue weighted by atomic mass is 32.1. The minimum absolute atomic E-state index is 0.725. The Morgan fingerprint density at radius 2 is 2.14 bits per heavy atom. The van der Waals surface area contributed by atoms with Crippen LogP contribution in [0.2, 0.25) is 0 Å². The molecule has 0 saturated heterocycles. The molecule has 0 bridgehead atoms. The van der Waals surface area contributed by atoms with Crippen LogP contribution in [0.15, 0.2) is 30.3 Å². The lowest BCUT2D eigenvalue weighted by Gasteiger charge is -1.96. The number of nitrogens with zero attached hydrogens (tertiary/aromatic N) is 2. The lowest BCUT2D eigenvalue weighted by molar-refractivity contribution is 1.21. The van der Waals surface area contributed by atoms with Crippen molar-refractivity contribution in [2.45, 2.75) is 6.92 Å². The van der Waals surface area contributed by atoms with Crippen molar-refractivity contribution in [3.05, 3.63) is 40.9 Å². The summed E-state index contributed by atoms with van der Waals surface area (Å²) in [5, 5.41) is 8.69. The van der Waals surface area contributed by atoms with Gasteiger partial charge in [0.2, 0.25) is 0 Å². The van der Waals surface area contributed by atoms with Crippen molar-refractivity contribution in [1.29, 1.82) is 5.26 Å². The van der Waals surface area contributed by atoms with Crippen molar-refractivity contribution in [2.24, 2.45) is 0 Å². The Hall–Kier alpha value is -1.66. The first-order valence-corrected chi connectivity index (χ1v) is 5.05. The summed E-state index contributed by atoms with van der Waals surface area (Å²) in [5.74, 6) is 0. The second-order valence-corrected chi connectivity index (χ2v) is 4.02. The molecular weight excluding hydrogens is 192 g/mol. The van der Waals surface area contributed by atoms with E-state index in [1.807, 2.05) is 37.3 Å². The molecule has 3 heteroatoms. The smallest absolute Gasteiger partial charge is 0.110 e. The molecule has 0 amide bonds. The molecule has 2 aromatic rings. The van der Waals surface area contributed by atoms with Crippen molar-refractivity contribution >= 4 is 11.3 Å². The van der Waals surface area contributed by atoms with E-state index >= 15 is 0 Å². The maximum atomic E-state index is 8.69. The van der Waals surface area contributed by atoms with Crippen LogP contribution in [0.3, 0.4) is 0 Å². The van der Waals surface area contributed by atoms with Crippen LogP contribution in [0.25, 0.3) is 10.6 Å². The summed E-state index contributed by atoms with van der Waals surface area (Å²) >= 11 is 1.47. The highest BCUT2D eigenvalue weighted by Crippen LogP contribution is 2.25. The van der Waals surface area contributed by atoms with Crippen LogP contribution in [0.4, 0.5) is 0 Å². The molecule has 14 heavy (non-hydrogen) atoms. The van der Waals surface area contributed by atoms with E-state index in [2.05, 4.69) is 11.1 Å². The van der Waals surface area contributed by atoms with Gasteiger partial charge in [0, 0.05) is 5.69 Å². The molecule has 2 nitrogen and oxygen atoms in total. The van der Waals surface area contributed by atoms with Crippen LogP contribution >= 0.6 is 11.3 Å². The molecule has 0 saturated carbocycles. The summed E-state index contributed by atoms with van der Waals surface area (Å²) in [6.45, 7) is 1.96. The zero-order chi connectivity index (χ0) is 9.97. The van der Waals surface area contributed by atoms with Gasteiger partial charge in [0.25, 0.3) is 0 Å². The summed E-state index contributed by atoms with van der Waals surface area (Å²) < 4.78 is 0. The van der Waals surface area contributed by atoms with Crippen LogP contribution in [0, 0.1) is 18.3 Å². The molecule has 68 valence electrons. The van der Waals surface area contributed by atoms with E-state index in [-0.39, 0.29) is 0 Å². The number of thiophene rings is 1. The monoisotopic (exact) mass is 200 g/mol. The number of rotatable bonds is 1.